The van der Waals surface area contributed by atoms with Gasteiger partial charge in [0.15, 0.2) is 0 Å². The number of alkyl halides is 3. The van der Waals surface area contributed by atoms with E-state index in [1.165, 1.54) is 38.1 Å². The molecule has 1 N–H and O–H groups in total. The molecular formula is C14H19F3N2. The van der Waals surface area contributed by atoms with E-state index in [1.807, 2.05) is 0 Å². The minimum absolute atomic E-state index is 0.590. The Bertz CT molecular complexity index is 381. The third-order valence-corrected chi connectivity index (χ3v) is 3.41. The molecule has 0 aliphatic carbocycles. The highest BCUT2D eigenvalue weighted by Crippen LogP contribution is 2.28. The van der Waals surface area contributed by atoms with E-state index in [9.17, 15) is 13.2 Å². The summed E-state index contributed by atoms with van der Waals surface area (Å²) in [5.41, 5.74) is 0.294. The molecule has 106 valence electrons. The molecule has 0 aromatic heterocycles. The molecule has 0 unspecified atom stereocenters. The lowest BCUT2D eigenvalue weighted by Crippen LogP contribution is -2.29. The highest BCUT2D eigenvalue weighted by molar-refractivity contribution is 5.24. The Balaban J connectivity index is 1.71. The summed E-state index contributed by atoms with van der Waals surface area (Å²) < 4.78 is 37.1. The Morgan fingerprint density at radius 3 is 2.26 bits per heavy atom. The van der Waals surface area contributed by atoms with Gasteiger partial charge in [-0.05, 0) is 43.6 Å². The predicted octanol–water partition coefficient (Wildman–Crippen LogP) is 2.89. The van der Waals surface area contributed by atoms with E-state index in [0.29, 0.717) is 6.54 Å². The summed E-state index contributed by atoms with van der Waals surface area (Å²) in [6, 6.07) is 5.34. The van der Waals surface area contributed by atoms with Crippen molar-refractivity contribution in [2.75, 3.05) is 26.2 Å². The van der Waals surface area contributed by atoms with E-state index < -0.39 is 11.7 Å². The van der Waals surface area contributed by atoms with Crippen molar-refractivity contribution in [3.8, 4) is 0 Å². The molecular weight excluding hydrogens is 253 g/mol. The topological polar surface area (TPSA) is 15.3 Å². The number of rotatable bonds is 5. The maximum atomic E-state index is 12.4. The van der Waals surface area contributed by atoms with Gasteiger partial charge in [-0.2, -0.15) is 13.2 Å². The Morgan fingerprint density at radius 1 is 1.05 bits per heavy atom. The maximum Gasteiger partial charge on any atom is 0.416 e. The fraction of sp³-hybridized carbons (Fsp3) is 0.571. The zero-order chi connectivity index (χ0) is 13.7. The lowest BCUT2D eigenvalue weighted by Gasteiger charge is -2.14. The molecule has 2 rings (SSSR count). The summed E-state index contributed by atoms with van der Waals surface area (Å²) in [7, 11) is 0. The Hall–Kier alpha value is -1.07. The number of hydrogen-bond acceptors (Lipinski definition) is 2. The van der Waals surface area contributed by atoms with Crippen molar-refractivity contribution in [3.63, 3.8) is 0 Å². The van der Waals surface area contributed by atoms with Crippen molar-refractivity contribution in [1.82, 2.24) is 10.2 Å². The third-order valence-electron chi connectivity index (χ3n) is 3.41. The van der Waals surface area contributed by atoms with Crippen molar-refractivity contribution in [3.05, 3.63) is 35.4 Å². The molecule has 0 amide bonds. The van der Waals surface area contributed by atoms with Gasteiger partial charge in [0.05, 0.1) is 5.56 Å². The number of likely N-dealkylation sites (tertiary alicyclic amines) is 1. The number of hydrogen-bond donors (Lipinski definition) is 1. The van der Waals surface area contributed by atoms with Crippen molar-refractivity contribution < 1.29 is 13.2 Å². The first-order valence-electron chi connectivity index (χ1n) is 6.65. The summed E-state index contributed by atoms with van der Waals surface area (Å²) in [5, 5.41) is 3.26. The summed E-state index contributed by atoms with van der Waals surface area (Å²) in [5.74, 6) is 0. The smallest absolute Gasteiger partial charge is 0.311 e. The molecule has 0 saturated carbocycles. The molecule has 1 aliphatic heterocycles. The molecule has 0 bridgehead atoms. The van der Waals surface area contributed by atoms with Gasteiger partial charge in [0.25, 0.3) is 0 Å². The van der Waals surface area contributed by atoms with Gasteiger partial charge in [0.2, 0.25) is 0 Å². The number of benzene rings is 1. The molecule has 0 radical (unpaired) electrons. The van der Waals surface area contributed by atoms with Crippen LogP contribution in [0.5, 0.6) is 0 Å². The van der Waals surface area contributed by atoms with Crippen LogP contribution in [0, 0.1) is 0 Å². The molecule has 1 aromatic rings. The van der Waals surface area contributed by atoms with Crippen LogP contribution in [0.2, 0.25) is 0 Å². The van der Waals surface area contributed by atoms with Crippen molar-refractivity contribution in [2.24, 2.45) is 0 Å². The van der Waals surface area contributed by atoms with Crippen molar-refractivity contribution in [1.29, 1.82) is 0 Å². The standard InChI is InChI=1S/C14H19F3N2/c15-14(16,17)13-5-3-12(4-6-13)11-18-7-10-19-8-1-2-9-19/h3-6,18H,1-2,7-11H2. The zero-order valence-corrected chi connectivity index (χ0v) is 10.8. The average Bonchev–Trinajstić information content (AvgIpc) is 2.87. The first-order valence-corrected chi connectivity index (χ1v) is 6.65. The van der Waals surface area contributed by atoms with Crippen LogP contribution in [0.15, 0.2) is 24.3 Å². The number of nitrogens with one attached hydrogen (secondary N) is 1. The van der Waals surface area contributed by atoms with Crippen LogP contribution < -0.4 is 5.32 Å². The van der Waals surface area contributed by atoms with Gasteiger partial charge in [-0.15, -0.1) is 0 Å². The number of nitrogens with zero attached hydrogens (tertiary/aromatic N) is 1. The zero-order valence-electron chi connectivity index (χ0n) is 10.8. The van der Waals surface area contributed by atoms with Crippen LogP contribution in [0.3, 0.4) is 0 Å². The first-order chi connectivity index (χ1) is 9.05. The minimum atomic E-state index is -4.25. The van der Waals surface area contributed by atoms with Crippen LogP contribution in [0.25, 0.3) is 0 Å². The highest BCUT2D eigenvalue weighted by Gasteiger charge is 2.29. The summed E-state index contributed by atoms with van der Waals surface area (Å²) in [6.07, 6.45) is -1.69. The largest absolute Gasteiger partial charge is 0.416 e. The van der Waals surface area contributed by atoms with Gasteiger partial charge < -0.3 is 10.2 Å². The quantitative estimate of drug-likeness (QED) is 0.829. The second kappa shape index (κ2) is 6.39. The van der Waals surface area contributed by atoms with Gasteiger partial charge in [0, 0.05) is 19.6 Å². The lowest BCUT2D eigenvalue weighted by molar-refractivity contribution is -0.137. The summed E-state index contributed by atoms with van der Waals surface area (Å²) in [4.78, 5) is 2.40. The normalized spacial score (nSPS) is 17.0. The SMILES string of the molecule is FC(F)(F)c1ccc(CNCCN2CCCC2)cc1. The van der Waals surface area contributed by atoms with E-state index >= 15 is 0 Å². The van der Waals surface area contributed by atoms with Gasteiger partial charge in [-0.3, -0.25) is 0 Å². The third kappa shape index (κ3) is 4.51. The van der Waals surface area contributed by atoms with Gasteiger partial charge in [-0.25, -0.2) is 0 Å². The molecule has 1 saturated heterocycles. The van der Waals surface area contributed by atoms with Crippen molar-refractivity contribution in [2.45, 2.75) is 25.6 Å². The second-order valence-corrected chi connectivity index (χ2v) is 4.92. The van der Waals surface area contributed by atoms with Crippen LogP contribution in [-0.4, -0.2) is 31.1 Å². The Kier molecular flexibility index (Phi) is 4.82. The van der Waals surface area contributed by atoms with Gasteiger partial charge >= 0.3 is 6.18 Å². The Morgan fingerprint density at radius 2 is 1.68 bits per heavy atom. The summed E-state index contributed by atoms with van der Waals surface area (Å²) in [6.45, 7) is 4.84. The van der Waals surface area contributed by atoms with Gasteiger partial charge in [0.1, 0.15) is 0 Å². The Labute approximate surface area is 111 Å². The molecule has 2 nitrogen and oxygen atoms in total. The molecule has 1 fully saturated rings. The number of halogens is 3. The first kappa shape index (κ1) is 14.3. The molecule has 0 atom stereocenters. The maximum absolute atomic E-state index is 12.4. The van der Waals surface area contributed by atoms with Gasteiger partial charge in [-0.1, -0.05) is 12.1 Å². The predicted molar refractivity (Wildman–Crippen MR) is 68.8 cm³/mol. The average molecular weight is 272 g/mol. The van der Waals surface area contributed by atoms with E-state index in [2.05, 4.69) is 10.2 Å². The minimum Gasteiger partial charge on any atom is -0.311 e. The monoisotopic (exact) mass is 272 g/mol. The van der Waals surface area contributed by atoms with Crippen LogP contribution in [-0.2, 0) is 12.7 Å². The molecule has 1 aliphatic rings. The molecule has 0 spiro atoms. The molecule has 1 aromatic carbocycles. The molecule has 19 heavy (non-hydrogen) atoms. The fourth-order valence-electron chi connectivity index (χ4n) is 2.29. The van der Waals surface area contributed by atoms with Crippen molar-refractivity contribution >= 4 is 0 Å². The van der Waals surface area contributed by atoms with Crippen LogP contribution in [0.4, 0.5) is 13.2 Å². The fourth-order valence-corrected chi connectivity index (χ4v) is 2.29. The molecule has 5 heteroatoms. The van der Waals surface area contributed by atoms with E-state index in [4.69, 9.17) is 0 Å². The molecule has 1 heterocycles. The second-order valence-electron chi connectivity index (χ2n) is 4.92. The van der Waals surface area contributed by atoms with Crippen LogP contribution >= 0.6 is 0 Å². The summed E-state index contributed by atoms with van der Waals surface area (Å²) >= 11 is 0. The van der Waals surface area contributed by atoms with E-state index in [-0.39, 0.29) is 0 Å². The highest BCUT2D eigenvalue weighted by atomic mass is 19.4. The van der Waals surface area contributed by atoms with Crippen LogP contribution in [0.1, 0.15) is 24.0 Å². The lowest BCUT2D eigenvalue weighted by atomic mass is 10.1. The van der Waals surface area contributed by atoms with E-state index in [0.717, 1.165) is 30.8 Å². The van der Waals surface area contributed by atoms with E-state index in [1.54, 1.807) is 0 Å².